The van der Waals surface area contributed by atoms with E-state index in [1.165, 1.54) is 0 Å². The van der Waals surface area contributed by atoms with Gasteiger partial charge in [0.25, 0.3) is 11.6 Å². The van der Waals surface area contributed by atoms with Crippen molar-refractivity contribution >= 4 is 11.6 Å². The average Bonchev–Trinajstić information content (AvgIpc) is 2.52. The van der Waals surface area contributed by atoms with Crippen molar-refractivity contribution in [2.45, 2.75) is 6.10 Å². The van der Waals surface area contributed by atoms with Crippen LogP contribution in [0.15, 0.2) is 36.4 Å². The summed E-state index contributed by atoms with van der Waals surface area (Å²) >= 11 is 0. The lowest BCUT2D eigenvalue weighted by molar-refractivity contribution is -0.385. The van der Waals surface area contributed by atoms with E-state index >= 15 is 0 Å². The molecule has 1 atom stereocenters. The smallest absolute Gasteiger partial charge is 0.282 e. The van der Waals surface area contributed by atoms with E-state index in [0.717, 1.165) is 30.3 Å². The maximum absolute atomic E-state index is 13.5. The Morgan fingerprint density at radius 2 is 1.83 bits per heavy atom. The van der Waals surface area contributed by atoms with Gasteiger partial charge in [0.15, 0.2) is 0 Å². The van der Waals surface area contributed by atoms with E-state index in [1.54, 1.807) is 0 Å². The highest BCUT2D eigenvalue weighted by Gasteiger charge is 2.23. The molecule has 2 rings (SSSR count). The molecule has 0 saturated carbocycles. The summed E-state index contributed by atoms with van der Waals surface area (Å²) in [5, 5.41) is 22.7. The van der Waals surface area contributed by atoms with Crippen LogP contribution in [0.25, 0.3) is 0 Å². The summed E-state index contributed by atoms with van der Waals surface area (Å²) < 4.78 is 40.2. The molecule has 1 unspecified atom stereocenters. The third kappa shape index (κ3) is 3.69. The number of nitro groups is 1. The third-order valence-electron chi connectivity index (χ3n) is 3.19. The molecule has 0 fully saturated rings. The van der Waals surface area contributed by atoms with Crippen molar-refractivity contribution < 1.29 is 28.0 Å². The van der Waals surface area contributed by atoms with Gasteiger partial charge < -0.3 is 10.4 Å². The zero-order chi connectivity index (χ0) is 17.9. The molecule has 2 aromatic carbocycles. The summed E-state index contributed by atoms with van der Waals surface area (Å²) in [6.45, 7) is -0.621. The lowest BCUT2D eigenvalue weighted by Crippen LogP contribution is -2.29. The van der Waals surface area contributed by atoms with Crippen LogP contribution in [0.1, 0.15) is 22.0 Å². The van der Waals surface area contributed by atoms with Gasteiger partial charge in [0.2, 0.25) is 0 Å². The van der Waals surface area contributed by atoms with Gasteiger partial charge in [0.05, 0.1) is 10.5 Å². The molecule has 0 radical (unpaired) electrons. The quantitative estimate of drug-likeness (QED) is 0.646. The fourth-order valence-corrected chi connectivity index (χ4v) is 2.07. The van der Waals surface area contributed by atoms with Gasteiger partial charge in [-0.3, -0.25) is 14.9 Å². The Labute approximate surface area is 133 Å². The molecule has 0 aromatic heterocycles. The molecule has 0 spiro atoms. The largest absolute Gasteiger partial charge is 0.386 e. The van der Waals surface area contributed by atoms with E-state index in [4.69, 9.17) is 0 Å². The minimum atomic E-state index is -1.72. The molecular formula is C15H11F3N2O4. The Morgan fingerprint density at radius 1 is 1.21 bits per heavy atom. The number of nitrogens with one attached hydrogen (secondary N) is 1. The highest BCUT2D eigenvalue weighted by atomic mass is 19.1. The average molecular weight is 340 g/mol. The first-order chi connectivity index (χ1) is 11.3. The second-order valence-corrected chi connectivity index (χ2v) is 4.78. The van der Waals surface area contributed by atoms with E-state index in [1.807, 2.05) is 0 Å². The van der Waals surface area contributed by atoms with Gasteiger partial charge in [-0.25, -0.2) is 13.2 Å². The molecule has 0 aliphatic rings. The third-order valence-corrected chi connectivity index (χ3v) is 3.19. The lowest BCUT2D eigenvalue weighted by atomic mass is 10.1. The first kappa shape index (κ1) is 17.4. The van der Waals surface area contributed by atoms with E-state index in [9.17, 15) is 33.2 Å². The summed E-state index contributed by atoms with van der Waals surface area (Å²) in [5.41, 5.74) is -1.85. The highest BCUT2D eigenvalue weighted by Crippen LogP contribution is 2.22. The highest BCUT2D eigenvalue weighted by molar-refractivity contribution is 5.98. The summed E-state index contributed by atoms with van der Waals surface area (Å²) in [7, 11) is 0. The van der Waals surface area contributed by atoms with Gasteiger partial charge in [0, 0.05) is 12.6 Å². The number of amides is 1. The minimum Gasteiger partial charge on any atom is -0.386 e. The van der Waals surface area contributed by atoms with Gasteiger partial charge in [0.1, 0.15) is 29.1 Å². The van der Waals surface area contributed by atoms with Crippen molar-refractivity contribution in [2.75, 3.05) is 6.54 Å². The summed E-state index contributed by atoms with van der Waals surface area (Å²) in [6, 6.07) is 5.26. The Balaban J connectivity index is 2.17. The van der Waals surface area contributed by atoms with Crippen LogP contribution in [0.5, 0.6) is 0 Å². The standard InChI is InChI=1S/C15H11F3N2O4/c16-8-4-5-12(20(23)24)9(6-8)15(22)19-7-13(21)14-10(17)2-1-3-11(14)18/h1-6,13,21H,7H2,(H,19,22). The van der Waals surface area contributed by atoms with E-state index in [2.05, 4.69) is 5.32 Å². The van der Waals surface area contributed by atoms with Crippen molar-refractivity contribution in [1.29, 1.82) is 0 Å². The molecule has 9 heteroatoms. The molecule has 1 amide bonds. The number of benzene rings is 2. The Hall–Kier alpha value is -2.94. The zero-order valence-electron chi connectivity index (χ0n) is 12.0. The number of nitrogens with zero attached hydrogens (tertiary/aromatic N) is 1. The first-order valence-electron chi connectivity index (χ1n) is 6.65. The SMILES string of the molecule is O=C(NCC(O)c1c(F)cccc1F)c1cc(F)ccc1[N+](=O)[O-]. The van der Waals surface area contributed by atoms with Crippen molar-refractivity contribution in [1.82, 2.24) is 5.32 Å². The number of aliphatic hydroxyl groups excluding tert-OH is 1. The number of halogens is 3. The minimum absolute atomic E-state index is 0.568. The zero-order valence-corrected chi connectivity index (χ0v) is 12.0. The fraction of sp³-hybridized carbons (Fsp3) is 0.133. The van der Waals surface area contributed by atoms with Crippen LogP contribution in [0, 0.1) is 27.6 Å². The van der Waals surface area contributed by atoms with Gasteiger partial charge >= 0.3 is 0 Å². The second-order valence-electron chi connectivity index (χ2n) is 4.78. The number of aliphatic hydroxyl groups is 1. The van der Waals surface area contributed by atoms with Crippen molar-refractivity contribution in [3.05, 3.63) is 75.1 Å². The van der Waals surface area contributed by atoms with Crippen LogP contribution in [0.2, 0.25) is 0 Å². The molecule has 126 valence electrons. The Kier molecular flexibility index (Phi) is 5.14. The van der Waals surface area contributed by atoms with Crippen LogP contribution in [0.4, 0.5) is 18.9 Å². The molecule has 0 saturated heterocycles. The van der Waals surface area contributed by atoms with Gasteiger partial charge in [-0.1, -0.05) is 6.07 Å². The Morgan fingerprint density at radius 3 is 2.42 bits per heavy atom. The lowest BCUT2D eigenvalue weighted by Gasteiger charge is -2.14. The summed E-state index contributed by atoms with van der Waals surface area (Å²) in [4.78, 5) is 21.9. The number of hydrogen-bond acceptors (Lipinski definition) is 4. The Bertz CT molecular complexity index is 778. The second kappa shape index (κ2) is 7.09. The van der Waals surface area contributed by atoms with Crippen LogP contribution >= 0.6 is 0 Å². The molecule has 0 heterocycles. The molecule has 0 bridgehead atoms. The monoisotopic (exact) mass is 340 g/mol. The number of carbonyl (C=O) groups is 1. The normalized spacial score (nSPS) is 11.8. The van der Waals surface area contributed by atoms with E-state index in [-0.39, 0.29) is 0 Å². The molecule has 0 aliphatic carbocycles. The molecular weight excluding hydrogens is 329 g/mol. The van der Waals surface area contributed by atoms with Crippen LogP contribution in [-0.4, -0.2) is 22.5 Å². The van der Waals surface area contributed by atoms with Crippen LogP contribution in [-0.2, 0) is 0 Å². The summed E-state index contributed by atoms with van der Waals surface area (Å²) in [5.74, 6) is -3.94. The number of carbonyl (C=O) groups excluding carboxylic acids is 1. The molecule has 2 aromatic rings. The first-order valence-corrected chi connectivity index (χ1v) is 6.65. The van der Waals surface area contributed by atoms with Gasteiger partial charge in [-0.15, -0.1) is 0 Å². The number of nitro benzene ring substituents is 1. The van der Waals surface area contributed by atoms with Crippen LogP contribution in [0.3, 0.4) is 0 Å². The summed E-state index contributed by atoms with van der Waals surface area (Å²) in [6.07, 6.45) is -1.72. The predicted molar refractivity (Wildman–Crippen MR) is 76.7 cm³/mol. The fourth-order valence-electron chi connectivity index (χ4n) is 2.07. The molecule has 2 N–H and O–H groups in total. The molecule has 24 heavy (non-hydrogen) atoms. The number of hydrogen-bond donors (Lipinski definition) is 2. The predicted octanol–water partition coefficient (Wildman–Crippen LogP) is 2.48. The van der Waals surface area contributed by atoms with Crippen molar-refractivity contribution in [3.8, 4) is 0 Å². The topological polar surface area (TPSA) is 92.5 Å². The molecule has 0 aliphatic heterocycles. The van der Waals surface area contributed by atoms with Crippen molar-refractivity contribution in [2.24, 2.45) is 0 Å². The van der Waals surface area contributed by atoms with E-state index in [0.29, 0.717) is 6.07 Å². The van der Waals surface area contributed by atoms with Gasteiger partial charge in [-0.05, 0) is 24.3 Å². The van der Waals surface area contributed by atoms with E-state index < -0.39 is 57.7 Å². The van der Waals surface area contributed by atoms with Crippen LogP contribution < -0.4 is 5.32 Å². The van der Waals surface area contributed by atoms with Gasteiger partial charge in [-0.2, -0.15) is 0 Å². The maximum Gasteiger partial charge on any atom is 0.282 e. The van der Waals surface area contributed by atoms with Crippen molar-refractivity contribution in [3.63, 3.8) is 0 Å². The maximum atomic E-state index is 13.5. The number of rotatable bonds is 5. The molecule has 6 nitrogen and oxygen atoms in total.